The van der Waals surface area contributed by atoms with E-state index in [9.17, 15) is 9.90 Å². The number of benzene rings is 2. The maximum absolute atomic E-state index is 12.1. The van der Waals surface area contributed by atoms with Crippen LogP contribution in [-0.4, -0.2) is 41.4 Å². The van der Waals surface area contributed by atoms with E-state index in [-0.39, 0.29) is 18.8 Å². The number of ether oxygens (including phenoxy) is 2. The lowest BCUT2D eigenvalue weighted by molar-refractivity contribution is -0.245. The van der Waals surface area contributed by atoms with Crippen LogP contribution in [0.2, 0.25) is 0 Å². The summed E-state index contributed by atoms with van der Waals surface area (Å²) in [5.41, 5.74) is 2.96. The van der Waals surface area contributed by atoms with Gasteiger partial charge in [0.2, 0.25) is 0 Å². The minimum absolute atomic E-state index is 0.0266. The molecule has 2 heterocycles. The first kappa shape index (κ1) is 26.2. The molecule has 0 spiro atoms. The van der Waals surface area contributed by atoms with E-state index in [1.165, 1.54) is 0 Å². The number of halogens is 3. The van der Waals surface area contributed by atoms with Crippen molar-refractivity contribution < 1.29 is 19.4 Å². The van der Waals surface area contributed by atoms with Crippen molar-refractivity contribution in [2.75, 3.05) is 11.1 Å². The number of aliphatic hydroxyl groups is 1. The summed E-state index contributed by atoms with van der Waals surface area (Å²) in [5, 5.41) is 20.8. The van der Waals surface area contributed by atoms with Crippen LogP contribution in [0.4, 0.5) is 5.69 Å². The van der Waals surface area contributed by atoms with Gasteiger partial charge in [0.1, 0.15) is 6.33 Å². The normalized spacial score (nSPS) is 20.5. The Morgan fingerprint density at radius 1 is 1.20 bits per heavy atom. The lowest BCUT2D eigenvalue weighted by Crippen LogP contribution is -2.31. The smallest absolute Gasteiger partial charge is 0.276 e. The van der Waals surface area contributed by atoms with Crippen molar-refractivity contribution >= 4 is 58.2 Å². The maximum atomic E-state index is 12.1. The molecule has 186 valence electrons. The van der Waals surface area contributed by atoms with Gasteiger partial charge in [0.25, 0.3) is 9.70 Å². The molecule has 35 heavy (non-hydrogen) atoms. The highest BCUT2D eigenvalue weighted by Crippen LogP contribution is 2.40. The molecular weight excluding hydrogens is 535 g/mol. The molecule has 0 aliphatic carbocycles. The Bertz CT molecular complexity index is 1160. The molecule has 12 heteroatoms. The van der Waals surface area contributed by atoms with Gasteiger partial charge in [-0.25, -0.2) is 0 Å². The molecule has 1 aromatic heterocycles. The van der Waals surface area contributed by atoms with Crippen molar-refractivity contribution in [3.05, 3.63) is 71.5 Å². The van der Waals surface area contributed by atoms with Crippen LogP contribution < -0.4 is 5.32 Å². The number of carbonyl (C=O) groups is 1. The average Bonchev–Trinajstić information content (AvgIpc) is 3.26. The van der Waals surface area contributed by atoms with E-state index >= 15 is 0 Å². The Kier molecular flexibility index (Phi) is 8.59. The first-order chi connectivity index (χ1) is 16.7. The molecule has 2 N–H and O–H groups in total. The summed E-state index contributed by atoms with van der Waals surface area (Å²) >= 11 is 18.6. The minimum Gasteiger partial charge on any atom is -0.392 e. The van der Waals surface area contributed by atoms with Crippen molar-refractivity contribution in [3.63, 3.8) is 0 Å². The van der Waals surface area contributed by atoms with E-state index in [4.69, 9.17) is 44.3 Å². The van der Waals surface area contributed by atoms with E-state index in [0.29, 0.717) is 23.4 Å². The van der Waals surface area contributed by atoms with Crippen LogP contribution in [0.25, 0.3) is 0 Å². The summed E-state index contributed by atoms with van der Waals surface area (Å²) in [6.07, 6.45) is 1.19. The highest BCUT2D eigenvalue weighted by Gasteiger charge is 2.33. The maximum Gasteiger partial charge on any atom is 0.276 e. The first-order valence-electron chi connectivity index (χ1n) is 10.7. The van der Waals surface area contributed by atoms with Gasteiger partial charge in [0.15, 0.2) is 11.4 Å². The van der Waals surface area contributed by atoms with E-state index < -0.39 is 16.0 Å². The van der Waals surface area contributed by atoms with Gasteiger partial charge in [-0.05, 0) is 23.3 Å². The van der Waals surface area contributed by atoms with E-state index in [2.05, 4.69) is 15.5 Å². The van der Waals surface area contributed by atoms with Gasteiger partial charge in [-0.2, -0.15) is 0 Å². The molecule has 1 amide bonds. The fourth-order valence-electron chi connectivity index (χ4n) is 3.56. The van der Waals surface area contributed by atoms with Gasteiger partial charge >= 0.3 is 0 Å². The number of aromatic nitrogens is 3. The molecule has 3 atom stereocenters. The largest absolute Gasteiger partial charge is 0.392 e. The average molecular weight is 558 g/mol. The van der Waals surface area contributed by atoms with Crippen LogP contribution in [0.15, 0.2) is 60.0 Å². The van der Waals surface area contributed by atoms with Crippen molar-refractivity contribution in [1.82, 2.24) is 14.8 Å². The third-order valence-electron chi connectivity index (χ3n) is 5.36. The van der Waals surface area contributed by atoms with Crippen molar-refractivity contribution in [1.29, 1.82) is 0 Å². The van der Waals surface area contributed by atoms with Gasteiger partial charge in [-0.1, -0.05) is 83.0 Å². The zero-order chi connectivity index (χ0) is 25.0. The monoisotopic (exact) mass is 556 g/mol. The Hall–Kier alpha value is -1.85. The second-order valence-corrected chi connectivity index (χ2v) is 11.2. The number of carbonyl (C=O) groups excluding carboxylic acids is 1. The molecule has 1 aliphatic rings. The molecule has 4 rings (SSSR count). The third kappa shape index (κ3) is 6.89. The number of hydrogen-bond acceptors (Lipinski definition) is 7. The topological polar surface area (TPSA) is 98.5 Å². The summed E-state index contributed by atoms with van der Waals surface area (Å²) in [6.45, 7) is -0.0266. The van der Waals surface area contributed by atoms with E-state index in [1.807, 2.05) is 41.9 Å². The lowest BCUT2D eigenvalue weighted by Gasteiger charge is -2.36. The molecule has 3 aromatic rings. The summed E-state index contributed by atoms with van der Waals surface area (Å²) in [5.74, 6) is -0.119. The number of aliphatic hydroxyl groups excluding tert-OH is 1. The van der Waals surface area contributed by atoms with Gasteiger partial charge in [0.05, 0.1) is 18.8 Å². The van der Waals surface area contributed by atoms with Crippen molar-refractivity contribution in [2.45, 2.75) is 40.5 Å². The Labute approximate surface area is 221 Å². The third-order valence-corrected chi connectivity index (χ3v) is 7.04. The molecule has 2 aromatic carbocycles. The summed E-state index contributed by atoms with van der Waals surface area (Å²) in [6, 6.07) is 14.7. The second-order valence-electron chi connectivity index (χ2n) is 7.96. The number of hydrogen-bond donors (Lipinski definition) is 2. The highest BCUT2D eigenvalue weighted by atomic mass is 35.6. The number of amides is 1. The summed E-state index contributed by atoms with van der Waals surface area (Å²) in [7, 11) is 1.89. The van der Waals surface area contributed by atoms with E-state index in [0.717, 1.165) is 16.3 Å². The van der Waals surface area contributed by atoms with E-state index in [1.54, 1.807) is 36.3 Å². The SMILES string of the molecule is Cn1cnnc1SC[C@@H]1C[C@H](c2ccc(CO)cc2)O[C@H](c2cccc(NC(=O)C(Cl)(Cl)Cl)c2)O1. The van der Waals surface area contributed by atoms with Gasteiger partial charge in [-0.3, -0.25) is 4.79 Å². The van der Waals surface area contributed by atoms with Crippen LogP contribution in [0.5, 0.6) is 0 Å². The van der Waals surface area contributed by atoms with Gasteiger partial charge in [0, 0.05) is 30.5 Å². The standard InChI is InChI=1S/C23H23Cl3N4O4S/c1-30-13-27-29-22(30)35-12-18-10-19(15-7-5-14(11-31)6-8-15)34-20(33-18)16-3-2-4-17(9-16)28-21(32)23(24,25)26/h2-9,13,18-20,31H,10-12H2,1H3,(H,28,32)/t18-,19+,20+/m0/s1. The molecule has 0 unspecified atom stereocenters. The van der Waals surface area contributed by atoms with Crippen molar-refractivity contribution in [2.24, 2.45) is 7.05 Å². The highest BCUT2D eigenvalue weighted by molar-refractivity contribution is 7.99. The molecule has 1 saturated heterocycles. The predicted molar refractivity (Wildman–Crippen MR) is 136 cm³/mol. The van der Waals surface area contributed by atoms with Gasteiger partial charge < -0.3 is 24.5 Å². The minimum atomic E-state index is -2.08. The summed E-state index contributed by atoms with van der Waals surface area (Å²) < 4.78 is 12.4. The van der Waals surface area contributed by atoms with Crippen LogP contribution in [-0.2, 0) is 27.9 Å². The molecule has 0 saturated carbocycles. The van der Waals surface area contributed by atoms with Crippen LogP contribution in [0, 0.1) is 0 Å². The Morgan fingerprint density at radius 2 is 1.97 bits per heavy atom. The predicted octanol–water partition coefficient (Wildman–Crippen LogP) is 4.95. The van der Waals surface area contributed by atoms with Gasteiger partial charge in [-0.15, -0.1) is 10.2 Å². The Balaban J connectivity index is 1.55. The van der Waals surface area contributed by atoms with Crippen molar-refractivity contribution in [3.8, 4) is 0 Å². The zero-order valence-electron chi connectivity index (χ0n) is 18.6. The quantitative estimate of drug-likeness (QED) is 0.313. The fraction of sp³-hybridized carbons (Fsp3) is 0.348. The lowest BCUT2D eigenvalue weighted by atomic mass is 10.0. The fourth-order valence-corrected chi connectivity index (χ4v) is 4.61. The molecule has 0 bridgehead atoms. The molecular formula is C23H23Cl3N4O4S. The number of anilines is 1. The van der Waals surface area contributed by atoms with Crippen LogP contribution >= 0.6 is 46.6 Å². The number of aryl methyl sites for hydroxylation is 1. The zero-order valence-corrected chi connectivity index (χ0v) is 21.7. The number of alkyl halides is 3. The van der Waals surface area contributed by atoms with Crippen LogP contribution in [0.1, 0.15) is 35.5 Å². The second kappa shape index (κ2) is 11.5. The molecule has 1 aliphatic heterocycles. The number of nitrogens with zero attached hydrogens (tertiary/aromatic N) is 3. The molecule has 8 nitrogen and oxygen atoms in total. The summed E-state index contributed by atoms with van der Waals surface area (Å²) in [4.78, 5) is 12.1. The number of rotatable bonds is 7. The number of nitrogens with one attached hydrogen (secondary N) is 1. The number of thioether (sulfide) groups is 1. The van der Waals surface area contributed by atoms with Crippen LogP contribution in [0.3, 0.4) is 0 Å². The Morgan fingerprint density at radius 3 is 2.63 bits per heavy atom. The molecule has 0 radical (unpaired) electrons. The molecule has 1 fully saturated rings. The first-order valence-corrected chi connectivity index (χ1v) is 12.8.